The standard InChI is InChI=1S/C19H20ClN3O3/c1-11-7-12(2)21-18(25)17(11)19(26)22-10-16(24)23(9-13(22)3)15-6-4-5-14(20)8-15/h4-8,13H,9-10H2,1-3H3,(H,21,25)/t13-/m0/s1. The monoisotopic (exact) mass is 373 g/mol. The molecular formula is C19H20ClN3O3. The van der Waals surface area contributed by atoms with E-state index < -0.39 is 11.5 Å². The van der Waals surface area contributed by atoms with Crippen LogP contribution in [-0.4, -0.2) is 40.8 Å². The average molecular weight is 374 g/mol. The number of benzene rings is 1. The van der Waals surface area contributed by atoms with Crippen molar-refractivity contribution < 1.29 is 9.59 Å². The predicted molar refractivity (Wildman–Crippen MR) is 101 cm³/mol. The predicted octanol–water partition coefficient (Wildman–Crippen LogP) is 2.52. The molecule has 0 unspecified atom stereocenters. The maximum atomic E-state index is 12.9. The Labute approximate surface area is 156 Å². The number of amides is 2. The minimum Gasteiger partial charge on any atom is -0.326 e. The third-order valence-electron chi connectivity index (χ3n) is 4.55. The van der Waals surface area contributed by atoms with Crippen LogP contribution < -0.4 is 10.5 Å². The number of halogens is 1. The van der Waals surface area contributed by atoms with Crippen molar-refractivity contribution in [1.82, 2.24) is 9.88 Å². The molecule has 1 aromatic heterocycles. The van der Waals surface area contributed by atoms with Gasteiger partial charge in [0.2, 0.25) is 5.91 Å². The summed E-state index contributed by atoms with van der Waals surface area (Å²) in [6.07, 6.45) is 0. The largest absolute Gasteiger partial charge is 0.326 e. The van der Waals surface area contributed by atoms with Gasteiger partial charge in [0.05, 0.1) is 0 Å². The van der Waals surface area contributed by atoms with Crippen molar-refractivity contribution in [1.29, 1.82) is 0 Å². The van der Waals surface area contributed by atoms with Crippen molar-refractivity contribution in [2.24, 2.45) is 0 Å². The number of hydrogen-bond donors (Lipinski definition) is 1. The minimum atomic E-state index is -0.426. The Balaban J connectivity index is 1.87. The second-order valence-electron chi connectivity index (χ2n) is 6.61. The number of pyridine rings is 1. The van der Waals surface area contributed by atoms with E-state index in [1.54, 1.807) is 43.0 Å². The number of carbonyl (C=O) groups excluding carboxylic acids is 2. The topological polar surface area (TPSA) is 73.5 Å². The van der Waals surface area contributed by atoms with Gasteiger partial charge in [0.1, 0.15) is 12.1 Å². The van der Waals surface area contributed by atoms with Crippen molar-refractivity contribution >= 4 is 29.1 Å². The smallest absolute Gasteiger partial charge is 0.261 e. The number of aromatic nitrogens is 1. The zero-order valence-corrected chi connectivity index (χ0v) is 15.6. The van der Waals surface area contributed by atoms with Crippen LogP contribution in [0.25, 0.3) is 0 Å². The summed E-state index contributed by atoms with van der Waals surface area (Å²) in [6.45, 7) is 5.61. The van der Waals surface area contributed by atoms with E-state index in [0.717, 1.165) is 0 Å². The maximum Gasteiger partial charge on any atom is 0.261 e. The third kappa shape index (κ3) is 3.37. The molecule has 1 fully saturated rings. The molecule has 1 N–H and O–H groups in total. The van der Waals surface area contributed by atoms with Gasteiger partial charge in [-0.25, -0.2) is 0 Å². The van der Waals surface area contributed by atoms with Gasteiger partial charge in [0.15, 0.2) is 0 Å². The van der Waals surface area contributed by atoms with Crippen LogP contribution in [0.3, 0.4) is 0 Å². The number of rotatable bonds is 2. The zero-order valence-electron chi connectivity index (χ0n) is 14.9. The molecular weight excluding hydrogens is 354 g/mol. The number of aromatic amines is 1. The Hall–Kier alpha value is -2.60. The molecule has 1 aromatic carbocycles. The summed E-state index contributed by atoms with van der Waals surface area (Å²) in [5, 5.41) is 0.545. The lowest BCUT2D eigenvalue weighted by Gasteiger charge is -2.39. The van der Waals surface area contributed by atoms with Gasteiger partial charge in [-0.2, -0.15) is 0 Å². The summed E-state index contributed by atoms with van der Waals surface area (Å²) < 4.78 is 0. The van der Waals surface area contributed by atoms with E-state index in [-0.39, 0.29) is 24.1 Å². The van der Waals surface area contributed by atoms with Gasteiger partial charge in [-0.15, -0.1) is 0 Å². The van der Waals surface area contributed by atoms with Gasteiger partial charge in [-0.05, 0) is 50.6 Å². The van der Waals surface area contributed by atoms with Crippen molar-refractivity contribution in [3.05, 3.63) is 62.5 Å². The van der Waals surface area contributed by atoms with Gasteiger partial charge in [0, 0.05) is 29.0 Å². The van der Waals surface area contributed by atoms with Crippen LogP contribution in [0.4, 0.5) is 5.69 Å². The summed E-state index contributed by atoms with van der Waals surface area (Å²) in [7, 11) is 0. The normalized spacial score (nSPS) is 17.5. The Morgan fingerprint density at radius 3 is 2.62 bits per heavy atom. The molecule has 26 heavy (non-hydrogen) atoms. The Bertz CT molecular complexity index is 938. The quantitative estimate of drug-likeness (QED) is 0.879. The van der Waals surface area contributed by atoms with E-state index in [2.05, 4.69) is 4.98 Å². The molecule has 136 valence electrons. The lowest BCUT2D eigenvalue weighted by atomic mass is 10.1. The van der Waals surface area contributed by atoms with E-state index in [4.69, 9.17) is 11.6 Å². The number of hydrogen-bond acceptors (Lipinski definition) is 3. The number of H-pyrrole nitrogens is 1. The summed E-state index contributed by atoms with van der Waals surface area (Å²) >= 11 is 6.01. The van der Waals surface area contributed by atoms with Crippen LogP contribution in [0.1, 0.15) is 28.5 Å². The van der Waals surface area contributed by atoms with Crippen molar-refractivity contribution in [3.63, 3.8) is 0 Å². The lowest BCUT2D eigenvalue weighted by molar-refractivity contribution is -0.121. The van der Waals surface area contributed by atoms with E-state index in [0.29, 0.717) is 28.5 Å². The first-order chi connectivity index (χ1) is 12.3. The molecule has 3 rings (SSSR count). The molecule has 1 aliphatic rings. The fourth-order valence-corrected chi connectivity index (χ4v) is 3.46. The van der Waals surface area contributed by atoms with E-state index in [9.17, 15) is 14.4 Å². The van der Waals surface area contributed by atoms with Gasteiger partial charge in [0.25, 0.3) is 11.5 Å². The molecule has 2 amide bonds. The first-order valence-corrected chi connectivity index (χ1v) is 8.73. The molecule has 0 bridgehead atoms. The first kappa shape index (κ1) is 18.2. The summed E-state index contributed by atoms with van der Waals surface area (Å²) in [6, 6.07) is 8.57. The zero-order chi connectivity index (χ0) is 19.0. The van der Waals surface area contributed by atoms with Crippen LogP contribution in [0.2, 0.25) is 5.02 Å². The molecule has 1 saturated heterocycles. The molecule has 0 spiro atoms. The molecule has 2 heterocycles. The Kier molecular flexibility index (Phi) is 4.87. The fraction of sp³-hybridized carbons (Fsp3) is 0.316. The van der Waals surface area contributed by atoms with Crippen molar-refractivity contribution in [2.75, 3.05) is 18.0 Å². The Morgan fingerprint density at radius 1 is 1.23 bits per heavy atom. The highest BCUT2D eigenvalue weighted by Gasteiger charge is 2.35. The molecule has 0 saturated carbocycles. The van der Waals surface area contributed by atoms with Crippen molar-refractivity contribution in [2.45, 2.75) is 26.8 Å². The molecule has 1 aliphatic heterocycles. The maximum absolute atomic E-state index is 12.9. The number of piperazine rings is 1. The number of nitrogens with zero attached hydrogens (tertiary/aromatic N) is 2. The van der Waals surface area contributed by atoms with Crippen LogP contribution >= 0.6 is 11.6 Å². The van der Waals surface area contributed by atoms with Gasteiger partial charge in [-0.1, -0.05) is 17.7 Å². The van der Waals surface area contributed by atoms with E-state index >= 15 is 0 Å². The van der Waals surface area contributed by atoms with Gasteiger partial charge >= 0.3 is 0 Å². The molecule has 0 radical (unpaired) electrons. The van der Waals surface area contributed by atoms with Crippen molar-refractivity contribution in [3.8, 4) is 0 Å². The SMILES string of the molecule is Cc1cc(C)c(C(=O)N2CC(=O)N(c3cccc(Cl)c3)C[C@@H]2C)c(=O)[nH]1. The second kappa shape index (κ2) is 6.96. The molecule has 1 atom stereocenters. The van der Waals surface area contributed by atoms with Crippen LogP contribution in [0, 0.1) is 13.8 Å². The molecule has 2 aromatic rings. The number of aryl methyl sites for hydroxylation is 2. The van der Waals surface area contributed by atoms with E-state index in [1.807, 2.05) is 13.0 Å². The number of nitrogens with one attached hydrogen (secondary N) is 1. The lowest BCUT2D eigenvalue weighted by Crippen LogP contribution is -2.57. The molecule has 7 heteroatoms. The van der Waals surface area contributed by atoms with Gasteiger partial charge in [-0.3, -0.25) is 14.4 Å². The fourth-order valence-electron chi connectivity index (χ4n) is 3.28. The van der Waals surface area contributed by atoms with Crippen LogP contribution in [0.15, 0.2) is 35.1 Å². The highest BCUT2D eigenvalue weighted by Crippen LogP contribution is 2.24. The summed E-state index contributed by atoms with van der Waals surface area (Å²) in [4.78, 5) is 43.5. The van der Waals surface area contributed by atoms with Crippen LogP contribution in [-0.2, 0) is 4.79 Å². The molecule has 0 aliphatic carbocycles. The average Bonchev–Trinajstić information content (AvgIpc) is 2.55. The second-order valence-corrected chi connectivity index (χ2v) is 7.04. The summed E-state index contributed by atoms with van der Waals surface area (Å²) in [5.41, 5.74) is 1.66. The first-order valence-electron chi connectivity index (χ1n) is 8.35. The third-order valence-corrected chi connectivity index (χ3v) is 4.78. The summed E-state index contributed by atoms with van der Waals surface area (Å²) in [5.74, 6) is -0.629. The number of carbonyl (C=O) groups is 2. The molecule has 6 nitrogen and oxygen atoms in total. The Morgan fingerprint density at radius 2 is 1.96 bits per heavy atom. The minimum absolute atomic E-state index is 0.0841. The van der Waals surface area contributed by atoms with E-state index in [1.165, 1.54) is 4.90 Å². The number of anilines is 1. The van der Waals surface area contributed by atoms with Gasteiger partial charge < -0.3 is 14.8 Å². The highest BCUT2D eigenvalue weighted by molar-refractivity contribution is 6.30. The van der Waals surface area contributed by atoms with Crippen LogP contribution in [0.5, 0.6) is 0 Å². The highest BCUT2D eigenvalue weighted by atomic mass is 35.5.